The van der Waals surface area contributed by atoms with Crippen LogP contribution in [0.4, 0.5) is 0 Å². The lowest BCUT2D eigenvalue weighted by atomic mass is 10.9. The highest BCUT2D eigenvalue weighted by Gasteiger charge is 1.66. The zero-order valence-corrected chi connectivity index (χ0v) is 3.96. The molecule has 0 radical (unpaired) electrons. The van der Waals surface area contributed by atoms with Crippen LogP contribution in [0.3, 0.4) is 0 Å². The zero-order valence-electron chi connectivity index (χ0n) is 3.96. The number of nitrogens with zero attached hydrogens (tertiary/aromatic N) is 2. The van der Waals surface area contributed by atoms with Crippen molar-refractivity contribution in [2.24, 2.45) is 15.7 Å². The van der Waals surface area contributed by atoms with Gasteiger partial charge in [-0.3, -0.25) is 4.99 Å². The van der Waals surface area contributed by atoms with Gasteiger partial charge in [-0.05, 0) is 6.72 Å². The summed E-state index contributed by atoms with van der Waals surface area (Å²) < 4.78 is 0. The smallest absolute Gasteiger partial charge is 0.117 e. The molecule has 0 aromatic rings. The van der Waals surface area contributed by atoms with Crippen LogP contribution in [0.1, 0.15) is 0 Å². The van der Waals surface area contributed by atoms with Gasteiger partial charge in [0.25, 0.3) is 0 Å². The second kappa shape index (κ2) is 3.08. The first-order valence-electron chi connectivity index (χ1n) is 1.70. The number of nitrogens with two attached hydrogens (primary N) is 1. The highest BCUT2D eigenvalue weighted by Crippen LogP contribution is 1.73. The molecule has 3 nitrogen and oxygen atoms in total. The first-order chi connectivity index (χ1) is 3.27. The normalized spacial score (nSPS) is 9.14. The Morgan fingerprint density at radius 1 is 1.71 bits per heavy atom. The van der Waals surface area contributed by atoms with E-state index < -0.39 is 0 Å². The molecule has 38 valence electrons. The number of hydrogen-bond donors (Lipinski definition) is 1. The summed E-state index contributed by atoms with van der Waals surface area (Å²) in [6, 6.07) is 0. The molecule has 2 N–H and O–H groups in total. The first kappa shape index (κ1) is 5.88. The molecule has 7 heavy (non-hydrogen) atoms. The summed E-state index contributed by atoms with van der Waals surface area (Å²) in [4.78, 5) is 6.77. The first-order valence-corrected chi connectivity index (χ1v) is 1.70. The molecule has 0 saturated heterocycles. The lowest BCUT2D eigenvalue weighted by molar-refractivity contribution is 1.27. The lowest BCUT2D eigenvalue weighted by Gasteiger charge is -1.78. The molecule has 0 rings (SSSR count). The van der Waals surface area contributed by atoms with Crippen molar-refractivity contribution < 1.29 is 0 Å². The maximum atomic E-state index is 5.00. The van der Waals surface area contributed by atoms with Gasteiger partial charge in [-0.15, -0.1) is 0 Å². The van der Waals surface area contributed by atoms with E-state index in [9.17, 15) is 0 Å². The van der Waals surface area contributed by atoms with E-state index in [2.05, 4.69) is 23.3 Å². The molecular weight excluding hydrogens is 90.1 g/mol. The van der Waals surface area contributed by atoms with E-state index in [1.165, 1.54) is 6.34 Å². The van der Waals surface area contributed by atoms with E-state index in [-0.39, 0.29) is 5.82 Å². The minimum Gasteiger partial charge on any atom is -0.384 e. The molecule has 0 fully saturated rings. The van der Waals surface area contributed by atoms with Crippen LogP contribution < -0.4 is 5.73 Å². The molecule has 0 aromatic carbocycles. The van der Waals surface area contributed by atoms with Gasteiger partial charge in [-0.2, -0.15) is 0 Å². The Labute approximate surface area is 42.3 Å². The second-order valence-corrected chi connectivity index (χ2v) is 0.918. The van der Waals surface area contributed by atoms with Gasteiger partial charge in [0, 0.05) is 0 Å². The molecule has 0 aliphatic rings. The molecule has 0 amide bonds. The molecule has 0 aromatic heterocycles. The number of aliphatic imine (C=N–C) groups is 2. The third kappa shape index (κ3) is 4.88. The third-order valence-corrected chi connectivity index (χ3v) is 0.305. The van der Waals surface area contributed by atoms with Gasteiger partial charge in [0.05, 0.1) is 0 Å². The van der Waals surface area contributed by atoms with Crippen LogP contribution in [0.25, 0.3) is 0 Å². The van der Waals surface area contributed by atoms with E-state index in [1.54, 1.807) is 0 Å². The van der Waals surface area contributed by atoms with Gasteiger partial charge in [0.2, 0.25) is 0 Å². The Kier molecular flexibility index (Phi) is 2.59. The predicted molar refractivity (Wildman–Crippen MR) is 31.4 cm³/mol. The van der Waals surface area contributed by atoms with Gasteiger partial charge < -0.3 is 5.73 Å². The highest BCUT2D eigenvalue weighted by atomic mass is 14.9. The minimum absolute atomic E-state index is 0.243. The van der Waals surface area contributed by atoms with Crippen molar-refractivity contribution in [1.82, 2.24) is 0 Å². The van der Waals surface area contributed by atoms with Crippen LogP contribution >= 0.6 is 0 Å². The predicted octanol–water partition coefficient (Wildman–Crippen LogP) is 0.145. The van der Waals surface area contributed by atoms with Crippen LogP contribution in [-0.2, 0) is 0 Å². The summed E-state index contributed by atoms with van der Waals surface area (Å²) in [7, 11) is 0. The second-order valence-electron chi connectivity index (χ2n) is 0.918. The molecule has 0 heterocycles. The van der Waals surface area contributed by atoms with Crippen LogP contribution in [0, 0.1) is 0 Å². The Balaban J connectivity index is 3.46. The average molecular weight is 97.1 g/mol. The molecule has 0 atom stereocenters. The number of rotatable bonds is 2. The van der Waals surface area contributed by atoms with Crippen molar-refractivity contribution in [3.63, 3.8) is 0 Å². The molecular formula is C4H7N3. The van der Waals surface area contributed by atoms with E-state index in [0.29, 0.717) is 0 Å². The topological polar surface area (TPSA) is 50.7 Å². The summed E-state index contributed by atoms with van der Waals surface area (Å²) in [6.45, 7) is 6.42. The fourth-order valence-corrected chi connectivity index (χ4v) is 0.115. The van der Waals surface area contributed by atoms with E-state index in [1.807, 2.05) is 0 Å². The largest absolute Gasteiger partial charge is 0.384 e. The van der Waals surface area contributed by atoms with Crippen LogP contribution in [0.5, 0.6) is 0 Å². The monoisotopic (exact) mass is 97.1 g/mol. The fourth-order valence-electron chi connectivity index (χ4n) is 0.115. The van der Waals surface area contributed by atoms with E-state index in [4.69, 9.17) is 5.73 Å². The third-order valence-electron chi connectivity index (χ3n) is 0.305. The van der Waals surface area contributed by atoms with E-state index in [0.717, 1.165) is 0 Å². The van der Waals surface area contributed by atoms with Crippen molar-refractivity contribution in [3.8, 4) is 0 Å². The van der Waals surface area contributed by atoms with Crippen molar-refractivity contribution in [2.75, 3.05) is 0 Å². The van der Waals surface area contributed by atoms with Crippen LogP contribution in [0.15, 0.2) is 22.4 Å². The highest BCUT2D eigenvalue weighted by molar-refractivity contribution is 5.62. The molecule has 0 aliphatic carbocycles. The minimum atomic E-state index is 0.243. The van der Waals surface area contributed by atoms with Crippen molar-refractivity contribution >= 4 is 13.1 Å². The fraction of sp³-hybridized carbons (Fsp3) is 0. The van der Waals surface area contributed by atoms with Gasteiger partial charge in [-0.1, -0.05) is 6.58 Å². The zero-order chi connectivity index (χ0) is 5.70. The van der Waals surface area contributed by atoms with Crippen LogP contribution in [0.2, 0.25) is 0 Å². The van der Waals surface area contributed by atoms with Gasteiger partial charge >= 0.3 is 0 Å². The summed E-state index contributed by atoms with van der Waals surface area (Å²) in [5.41, 5.74) is 5.00. The molecule has 0 spiro atoms. The lowest BCUT2D eigenvalue weighted by Crippen LogP contribution is -1.88. The summed E-state index contributed by atoms with van der Waals surface area (Å²) in [6.07, 6.45) is 1.24. The Morgan fingerprint density at radius 3 is 2.43 bits per heavy atom. The van der Waals surface area contributed by atoms with E-state index >= 15 is 0 Å². The maximum Gasteiger partial charge on any atom is 0.117 e. The van der Waals surface area contributed by atoms with Crippen LogP contribution in [-0.4, -0.2) is 13.1 Å². The molecule has 0 bridgehead atoms. The SMILES string of the molecule is C=NC=NC(=C)N. The van der Waals surface area contributed by atoms with Crippen molar-refractivity contribution in [1.29, 1.82) is 0 Å². The molecule has 0 unspecified atom stereocenters. The Morgan fingerprint density at radius 2 is 2.29 bits per heavy atom. The van der Waals surface area contributed by atoms with Gasteiger partial charge in [-0.25, -0.2) is 4.99 Å². The Bertz CT molecular complexity index is 104. The standard InChI is InChI=1S/C4H7N3/c1-4(5)7-3-6-2/h3H,1-2,5H2. The van der Waals surface area contributed by atoms with Gasteiger partial charge in [0.1, 0.15) is 12.2 Å². The Hall–Kier alpha value is -1.12. The number of hydrogen-bond acceptors (Lipinski definition) is 2. The quantitative estimate of drug-likeness (QED) is 0.387. The maximum absolute atomic E-state index is 5.00. The summed E-state index contributed by atoms with van der Waals surface area (Å²) in [5, 5.41) is 0. The molecule has 3 heteroatoms. The summed E-state index contributed by atoms with van der Waals surface area (Å²) >= 11 is 0. The van der Waals surface area contributed by atoms with Crippen molar-refractivity contribution in [2.45, 2.75) is 0 Å². The van der Waals surface area contributed by atoms with Crippen molar-refractivity contribution in [3.05, 3.63) is 12.4 Å². The summed E-state index contributed by atoms with van der Waals surface area (Å²) in [5.74, 6) is 0.243. The molecule has 0 aliphatic heterocycles. The van der Waals surface area contributed by atoms with Gasteiger partial charge in [0.15, 0.2) is 0 Å². The molecule has 0 saturated carbocycles. The average Bonchev–Trinajstić information content (AvgIpc) is 1.61.